The second-order valence-electron chi connectivity index (χ2n) is 5.49. The van der Waals surface area contributed by atoms with Gasteiger partial charge in [0.1, 0.15) is 12.2 Å². The van der Waals surface area contributed by atoms with E-state index in [2.05, 4.69) is 37.8 Å². The van der Waals surface area contributed by atoms with Gasteiger partial charge in [-0.3, -0.25) is 0 Å². The minimum Gasteiger partial charge on any atom is -0.348 e. The highest BCUT2D eigenvalue weighted by molar-refractivity contribution is 5.40. The Morgan fingerprint density at radius 3 is 2.95 bits per heavy atom. The van der Waals surface area contributed by atoms with Crippen LogP contribution in [-0.2, 0) is 13.0 Å². The maximum absolute atomic E-state index is 4.24. The van der Waals surface area contributed by atoms with Crippen molar-refractivity contribution in [2.24, 2.45) is 0 Å². The summed E-state index contributed by atoms with van der Waals surface area (Å²) in [4.78, 5) is 4.24. The summed E-state index contributed by atoms with van der Waals surface area (Å²) in [5, 5.41) is 19.6. The number of hydrogen-bond donors (Lipinski definition) is 1. The van der Waals surface area contributed by atoms with Gasteiger partial charge in [-0.15, -0.1) is 0 Å². The Bertz CT molecular complexity index is 772. The molecule has 0 saturated heterocycles. The molecule has 1 aromatic carbocycles. The van der Waals surface area contributed by atoms with E-state index in [0.29, 0.717) is 5.95 Å². The summed E-state index contributed by atoms with van der Waals surface area (Å²) in [6.45, 7) is 2.83. The fraction of sp³-hybridized carbons (Fsp3) is 0.357. The predicted octanol–water partition coefficient (Wildman–Crippen LogP) is 0.989. The standard InChI is InChI=1S/C14H16N8/c1-10-2-5-12(6-3-10)22-14(18-19-20-22)17-11-4-7-13-15-9-16-21(13)8-11/h2-3,5-6,9,11H,4,7-8H2,1H3,(H,17,18,20). The lowest BCUT2D eigenvalue weighted by atomic mass is 10.1. The smallest absolute Gasteiger partial charge is 0.248 e. The van der Waals surface area contributed by atoms with E-state index in [0.717, 1.165) is 30.9 Å². The van der Waals surface area contributed by atoms with Crippen molar-refractivity contribution < 1.29 is 0 Å². The van der Waals surface area contributed by atoms with E-state index >= 15 is 0 Å². The normalized spacial score (nSPS) is 17.2. The zero-order chi connectivity index (χ0) is 14.9. The van der Waals surface area contributed by atoms with Gasteiger partial charge >= 0.3 is 0 Å². The second kappa shape index (κ2) is 5.21. The Hall–Kier alpha value is -2.77. The van der Waals surface area contributed by atoms with Crippen molar-refractivity contribution in [3.63, 3.8) is 0 Å². The molecule has 4 rings (SSSR count). The summed E-state index contributed by atoms with van der Waals surface area (Å²) >= 11 is 0. The average molecular weight is 296 g/mol. The average Bonchev–Trinajstić information content (AvgIpc) is 3.17. The van der Waals surface area contributed by atoms with Crippen molar-refractivity contribution in [2.45, 2.75) is 32.4 Å². The minimum absolute atomic E-state index is 0.240. The van der Waals surface area contributed by atoms with Crippen LogP contribution in [0.4, 0.5) is 5.95 Å². The van der Waals surface area contributed by atoms with Crippen molar-refractivity contribution in [1.29, 1.82) is 0 Å². The van der Waals surface area contributed by atoms with Gasteiger partial charge < -0.3 is 5.32 Å². The van der Waals surface area contributed by atoms with Gasteiger partial charge in [0.25, 0.3) is 0 Å². The van der Waals surface area contributed by atoms with Crippen molar-refractivity contribution in [2.75, 3.05) is 5.32 Å². The number of nitrogens with one attached hydrogen (secondary N) is 1. The summed E-state index contributed by atoms with van der Waals surface area (Å²) in [5.41, 5.74) is 2.15. The van der Waals surface area contributed by atoms with Crippen molar-refractivity contribution in [3.8, 4) is 5.69 Å². The Morgan fingerprint density at radius 2 is 2.09 bits per heavy atom. The maximum Gasteiger partial charge on any atom is 0.248 e. The molecule has 3 heterocycles. The monoisotopic (exact) mass is 296 g/mol. The molecule has 0 radical (unpaired) electrons. The van der Waals surface area contributed by atoms with Crippen LogP contribution in [0.2, 0.25) is 0 Å². The lowest BCUT2D eigenvalue weighted by molar-refractivity contribution is 0.439. The molecule has 0 aliphatic carbocycles. The van der Waals surface area contributed by atoms with Crippen molar-refractivity contribution in [1.82, 2.24) is 35.0 Å². The molecule has 8 heteroatoms. The molecule has 1 N–H and O–H groups in total. The molecule has 0 spiro atoms. The highest BCUT2D eigenvalue weighted by Gasteiger charge is 2.21. The highest BCUT2D eigenvalue weighted by Crippen LogP contribution is 2.17. The second-order valence-corrected chi connectivity index (χ2v) is 5.49. The molecule has 3 aromatic rings. The first-order valence-electron chi connectivity index (χ1n) is 7.28. The largest absolute Gasteiger partial charge is 0.348 e. The molecule has 1 unspecified atom stereocenters. The van der Waals surface area contributed by atoms with Gasteiger partial charge in [0.05, 0.1) is 12.2 Å². The zero-order valence-corrected chi connectivity index (χ0v) is 12.2. The molecule has 112 valence electrons. The van der Waals surface area contributed by atoms with E-state index in [4.69, 9.17) is 0 Å². The molecule has 1 aliphatic rings. The van der Waals surface area contributed by atoms with E-state index in [1.165, 1.54) is 5.56 Å². The van der Waals surface area contributed by atoms with Crippen molar-refractivity contribution >= 4 is 5.95 Å². The molecular weight excluding hydrogens is 280 g/mol. The summed E-state index contributed by atoms with van der Waals surface area (Å²) in [6.07, 6.45) is 3.50. The van der Waals surface area contributed by atoms with Crippen LogP contribution in [0.3, 0.4) is 0 Å². The topological polar surface area (TPSA) is 86.3 Å². The summed E-state index contributed by atoms with van der Waals surface area (Å²) < 4.78 is 3.65. The Balaban J connectivity index is 1.55. The summed E-state index contributed by atoms with van der Waals surface area (Å²) in [7, 11) is 0. The molecule has 0 fully saturated rings. The summed E-state index contributed by atoms with van der Waals surface area (Å²) in [6, 6.07) is 8.34. The fourth-order valence-corrected chi connectivity index (χ4v) is 2.67. The van der Waals surface area contributed by atoms with Gasteiger partial charge in [0, 0.05) is 12.5 Å². The van der Waals surface area contributed by atoms with Crippen LogP contribution in [0.1, 0.15) is 17.8 Å². The quantitative estimate of drug-likeness (QED) is 0.775. The molecule has 0 amide bonds. The molecule has 22 heavy (non-hydrogen) atoms. The van der Waals surface area contributed by atoms with E-state index in [1.807, 2.05) is 28.9 Å². The Labute approximate surface area is 127 Å². The molecule has 8 nitrogen and oxygen atoms in total. The fourth-order valence-electron chi connectivity index (χ4n) is 2.67. The van der Waals surface area contributed by atoms with Crippen LogP contribution in [0.25, 0.3) is 5.69 Å². The number of hydrogen-bond acceptors (Lipinski definition) is 6. The number of rotatable bonds is 3. The highest BCUT2D eigenvalue weighted by atomic mass is 15.6. The first-order chi connectivity index (χ1) is 10.8. The van der Waals surface area contributed by atoms with E-state index in [-0.39, 0.29) is 6.04 Å². The van der Waals surface area contributed by atoms with Crippen LogP contribution >= 0.6 is 0 Å². The first kappa shape index (κ1) is 12.9. The zero-order valence-electron chi connectivity index (χ0n) is 12.2. The number of nitrogens with zero attached hydrogens (tertiary/aromatic N) is 7. The maximum atomic E-state index is 4.24. The number of tetrazole rings is 1. The molecular formula is C14H16N8. The summed E-state index contributed by atoms with van der Waals surface area (Å²) in [5.74, 6) is 1.69. The van der Waals surface area contributed by atoms with E-state index < -0.39 is 0 Å². The lowest BCUT2D eigenvalue weighted by Crippen LogP contribution is -2.33. The number of anilines is 1. The van der Waals surface area contributed by atoms with Gasteiger partial charge in [-0.05, 0) is 35.9 Å². The van der Waals surface area contributed by atoms with Gasteiger partial charge in [0.15, 0.2) is 0 Å². The lowest BCUT2D eigenvalue weighted by Gasteiger charge is -2.23. The third-order valence-corrected chi connectivity index (χ3v) is 3.89. The van der Waals surface area contributed by atoms with Crippen LogP contribution in [0.15, 0.2) is 30.6 Å². The van der Waals surface area contributed by atoms with Gasteiger partial charge in [-0.1, -0.05) is 22.8 Å². The van der Waals surface area contributed by atoms with Crippen LogP contribution in [0.5, 0.6) is 0 Å². The number of fused-ring (bicyclic) bond motifs is 1. The van der Waals surface area contributed by atoms with Crippen LogP contribution in [0, 0.1) is 6.92 Å². The number of aromatic nitrogens is 7. The van der Waals surface area contributed by atoms with Crippen molar-refractivity contribution in [3.05, 3.63) is 42.0 Å². The Morgan fingerprint density at radius 1 is 1.23 bits per heavy atom. The van der Waals surface area contributed by atoms with Gasteiger partial charge in [0.2, 0.25) is 5.95 Å². The molecule has 1 aliphatic heterocycles. The SMILES string of the molecule is Cc1ccc(-n2nnnc2NC2CCc3ncnn3C2)cc1. The number of aryl methyl sites for hydroxylation is 2. The molecule has 0 bridgehead atoms. The molecule has 2 aromatic heterocycles. The van der Waals surface area contributed by atoms with E-state index in [1.54, 1.807) is 11.0 Å². The predicted molar refractivity (Wildman–Crippen MR) is 79.6 cm³/mol. The van der Waals surface area contributed by atoms with E-state index in [9.17, 15) is 0 Å². The third-order valence-electron chi connectivity index (χ3n) is 3.89. The Kier molecular flexibility index (Phi) is 3.06. The molecule has 0 saturated carbocycles. The van der Waals surface area contributed by atoms with Crippen LogP contribution < -0.4 is 5.32 Å². The van der Waals surface area contributed by atoms with Crippen LogP contribution in [-0.4, -0.2) is 41.0 Å². The first-order valence-corrected chi connectivity index (χ1v) is 7.28. The van der Waals surface area contributed by atoms with Gasteiger partial charge in [-0.2, -0.15) is 9.78 Å². The number of benzene rings is 1. The molecule has 1 atom stereocenters. The third kappa shape index (κ3) is 2.32. The minimum atomic E-state index is 0.240. The van der Waals surface area contributed by atoms with Gasteiger partial charge in [-0.25, -0.2) is 9.67 Å².